The first-order valence-electron chi connectivity index (χ1n) is 7.91. The van der Waals surface area contributed by atoms with Gasteiger partial charge in [0.25, 0.3) is 0 Å². The largest absolute Gasteiger partial charge is 0.478 e. The molecule has 1 amide bonds. The van der Waals surface area contributed by atoms with Gasteiger partial charge in [-0.25, -0.2) is 4.79 Å². The van der Waals surface area contributed by atoms with Gasteiger partial charge in [0.05, 0.1) is 19.2 Å². The maximum Gasteiger partial charge on any atom is 0.339 e. The SMILES string of the molecule is Cc1cc2occ(CC(=O)NCc3cc(C(=O)O)c(C)o3)c2cc1C. The molecule has 6 nitrogen and oxygen atoms in total. The highest BCUT2D eigenvalue weighted by molar-refractivity contribution is 5.89. The first-order valence-corrected chi connectivity index (χ1v) is 7.91. The lowest BCUT2D eigenvalue weighted by Crippen LogP contribution is -2.24. The second-order valence-electron chi connectivity index (χ2n) is 6.13. The fourth-order valence-electron chi connectivity index (χ4n) is 2.74. The fourth-order valence-corrected chi connectivity index (χ4v) is 2.74. The number of aromatic carboxylic acids is 1. The average Bonchev–Trinajstić information content (AvgIpc) is 3.10. The summed E-state index contributed by atoms with van der Waals surface area (Å²) in [5.74, 6) is -0.503. The first kappa shape index (κ1) is 16.8. The number of carbonyl (C=O) groups is 2. The monoisotopic (exact) mass is 341 g/mol. The third-order valence-electron chi connectivity index (χ3n) is 4.28. The number of nitrogens with one attached hydrogen (secondary N) is 1. The summed E-state index contributed by atoms with van der Waals surface area (Å²) in [7, 11) is 0. The molecule has 6 heteroatoms. The summed E-state index contributed by atoms with van der Waals surface area (Å²) in [6.07, 6.45) is 1.78. The molecule has 0 radical (unpaired) electrons. The van der Waals surface area contributed by atoms with Crippen molar-refractivity contribution in [3.8, 4) is 0 Å². The molecule has 0 spiro atoms. The fraction of sp³-hybridized carbons (Fsp3) is 0.263. The molecule has 0 bridgehead atoms. The summed E-state index contributed by atoms with van der Waals surface area (Å²) < 4.78 is 10.9. The Kier molecular flexibility index (Phi) is 4.35. The molecule has 130 valence electrons. The van der Waals surface area contributed by atoms with E-state index in [1.807, 2.05) is 26.0 Å². The third kappa shape index (κ3) is 3.42. The van der Waals surface area contributed by atoms with E-state index in [0.29, 0.717) is 11.5 Å². The van der Waals surface area contributed by atoms with Crippen molar-refractivity contribution in [3.05, 3.63) is 58.2 Å². The number of amides is 1. The minimum atomic E-state index is -1.05. The summed E-state index contributed by atoms with van der Waals surface area (Å²) in [5, 5.41) is 12.7. The van der Waals surface area contributed by atoms with Crippen LogP contribution in [0.1, 0.15) is 38.6 Å². The van der Waals surface area contributed by atoms with Crippen LogP contribution in [0.25, 0.3) is 11.0 Å². The second kappa shape index (κ2) is 6.47. The standard InChI is InChI=1S/C19H19NO5/c1-10-4-16-13(9-24-17(16)5-11(10)2)6-18(21)20-8-14-7-15(19(22)23)12(3)25-14/h4-5,7,9H,6,8H2,1-3H3,(H,20,21)(H,22,23). The number of rotatable bonds is 5. The molecule has 0 saturated heterocycles. The van der Waals surface area contributed by atoms with Crippen molar-refractivity contribution in [2.24, 2.45) is 0 Å². The number of furan rings is 2. The molecule has 2 aromatic heterocycles. The van der Waals surface area contributed by atoms with Crippen LogP contribution in [0.4, 0.5) is 0 Å². The molecule has 3 rings (SSSR count). The van der Waals surface area contributed by atoms with Crippen molar-refractivity contribution in [2.75, 3.05) is 0 Å². The number of hydrogen-bond donors (Lipinski definition) is 2. The maximum absolute atomic E-state index is 12.2. The summed E-state index contributed by atoms with van der Waals surface area (Å²) in [5.41, 5.74) is 3.97. The Morgan fingerprint density at radius 1 is 1.12 bits per heavy atom. The molecule has 0 unspecified atom stereocenters. The van der Waals surface area contributed by atoms with Gasteiger partial charge in [0.1, 0.15) is 22.7 Å². The Balaban J connectivity index is 1.68. The van der Waals surface area contributed by atoms with E-state index in [0.717, 1.165) is 27.7 Å². The highest BCUT2D eigenvalue weighted by Crippen LogP contribution is 2.25. The summed E-state index contributed by atoms with van der Waals surface area (Å²) in [6.45, 7) is 5.75. The second-order valence-corrected chi connectivity index (χ2v) is 6.13. The number of hydrogen-bond acceptors (Lipinski definition) is 4. The smallest absolute Gasteiger partial charge is 0.339 e. The normalized spacial score (nSPS) is 11.0. The highest BCUT2D eigenvalue weighted by atomic mass is 16.4. The van der Waals surface area contributed by atoms with Gasteiger partial charge in [0.2, 0.25) is 5.91 Å². The molecule has 0 aliphatic heterocycles. The van der Waals surface area contributed by atoms with Crippen molar-refractivity contribution in [3.63, 3.8) is 0 Å². The summed E-state index contributed by atoms with van der Waals surface area (Å²) >= 11 is 0. The third-order valence-corrected chi connectivity index (χ3v) is 4.28. The molecule has 0 fully saturated rings. The Morgan fingerprint density at radius 2 is 1.84 bits per heavy atom. The van der Waals surface area contributed by atoms with E-state index in [1.165, 1.54) is 6.07 Å². The molecular formula is C19H19NO5. The van der Waals surface area contributed by atoms with Crippen LogP contribution in [-0.4, -0.2) is 17.0 Å². The van der Waals surface area contributed by atoms with Gasteiger partial charge in [-0.3, -0.25) is 4.79 Å². The van der Waals surface area contributed by atoms with Crippen LogP contribution in [0.3, 0.4) is 0 Å². The van der Waals surface area contributed by atoms with Gasteiger partial charge in [-0.1, -0.05) is 0 Å². The van der Waals surface area contributed by atoms with Crippen molar-refractivity contribution in [1.29, 1.82) is 0 Å². The lowest BCUT2D eigenvalue weighted by Gasteiger charge is -2.03. The molecule has 0 atom stereocenters. The van der Waals surface area contributed by atoms with Crippen LogP contribution in [-0.2, 0) is 17.8 Å². The molecule has 2 heterocycles. The Labute approximate surface area is 144 Å². The lowest BCUT2D eigenvalue weighted by atomic mass is 10.0. The van der Waals surface area contributed by atoms with Crippen molar-refractivity contribution in [1.82, 2.24) is 5.32 Å². The number of carbonyl (C=O) groups excluding carboxylic acids is 1. The summed E-state index contributed by atoms with van der Waals surface area (Å²) in [4.78, 5) is 23.2. The van der Waals surface area contributed by atoms with Gasteiger partial charge in [-0.2, -0.15) is 0 Å². The quantitative estimate of drug-likeness (QED) is 0.741. The van der Waals surface area contributed by atoms with Crippen LogP contribution in [0.15, 0.2) is 33.3 Å². The van der Waals surface area contributed by atoms with Crippen LogP contribution in [0, 0.1) is 20.8 Å². The van der Waals surface area contributed by atoms with Crippen molar-refractivity contribution >= 4 is 22.8 Å². The van der Waals surface area contributed by atoms with Crippen LogP contribution in [0.5, 0.6) is 0 Å². The molecule has 0 aliphatic carbocycles. The zero-order valence-corrected chi connectivity index (χ0v) is 14.3. The Hall–Kier alpha value is -3.02. The molecular weight excluding hydrogens is 322 g/mol. The molecule has 3 aromatic rings. The van der Waals surface area contributed by atoms with Gasteiger partial charge in [-0.15, -0.1) is 0 Å². The Morgan fingerprint density at radius 3 is 2.52 bits per heavy atom. The van der Waals surface area contributed by atoms with Crippen molar-refractivity contribution in [2.45, 2.75) is 33.7 Å². The zero-order chi connectivity index (χ0) is 18.1. The number of carboxylic acids is 1. The topological polar surface area (TPSA) is 92.7 Å². The van der Waals surface area contributed by atoms with Crippen LogP contribution >= 0.6 is 0 Å². The minimum Gasteiger partial charge on any atom is -0.478 e. The van der Waals surface area contributed by atoms with Crippen LogP contribution in [0.2, 0.25) is 0 Å². The van der Waals surface area contributed by atoms with Gasteiger partial charge in [0, 0.05) is 10.9 Å². The minimum absolute atomic E-state index is 0.107. The van der Waals surface area contributed by atoms with E-state index in [2.05, 4.69) is 5.32 Å². The Bertz CT molecular complexity index is 964. The number of carboxylic acid groups (broad SMARTS) is 1. The number of aryl methyl sites for hydroxylation is 3. The van der Waals surface area contributed by atoms with E-state index < -0.39 is 5.97 Å². The average molecular weight is 341 g/mol. The lowest BCUT2D eigenvalue weighted by molar-refractivity contribution is -0.120. The summed E-state index contributed by atoms with van der Waals surface area (Å²) in [6, 6.07) is 5.41. The first-order chi connectivity index (χ1) is 11.8. The predicted octanol–water partition coefficient (Wildman–Crippen LogP) is 3.51. The predicted molar refractivity (Wildman–Crippen MR) is 91.6 cm³/mol. The van der Waals surface area contributed by atoms with E-state index in [1.54, 1.807) is 13.2 Å². The maximum atomic E-state index is 12.2. The van der Waals surface area contributed by atoms with Gasteiger partial charge in [-0.05, 0) is 50.1 Å². The molecule has 2 N–H and O–H groups in total. The van der Waals surface area contributed by atoms with Gasteiger partial charge in [0.15, 0.2) is 0 Å². The van der Waals surface area contributed by atoms with Crippen molar-refractivity contribution < 1.29 is 23.5 Å². The molecule has 25 heavy (non-hydrogen) atoms. The molecule has 0 aliphatic rings. The number of benzene rings is 1. The highest BCUT2D eigenvalue weighted by Gasteiger charge is 2.15. The van der Waals surface area contributed by atoms with E-state index in [-0.39, 0.29) is 24.4 Å². The van der Waals surface area contributed by atoms with E-state index in [4.69, 9.17) is 13.9 Å². The molecule has 1 aromatic carbocycles. The zero-order valence-electron chi connectivity index (χ0n) is 14.3. The molecule has 0 saturated carbocycles. The van der Waals surface area contributed by atoms with Gasteiger partial charge >= 0.3 is 5.97 Å². The van der Waals surface area contributed by atoms with Crippen LogP contribution < -0.4 is 5.32 Å². The number of fused-ring (bicyclic) bond motifs is 1. The van der Waals surface area contributed by atoms with E-state index in [9.17, 15) is 9.59 Å². The van der Waals surface area contributed by atoms with Gasteiger partial charge < -0.3 is 19.3 Å². The van der Waals surface area contributed by atoms with E-state index >= 15 is 0 Å².